The molecule has 1 fully saturated rings. The SMILES string of the molecule is CC(C)OCC(CC1CCCN1)N=O. The van der Waals surface area contributed by atoms with E-state index in [0.717, 1.165) is 19.4 Å². The van der Waals surface area contributed by atoms with E-state index in [9.17, 15) is 4.91 Å². The fraction of sp³-hybridized carbons (Fsp3) is 1.00. The summed E-state index contributed by atoms with van der Waals surface area (Å²) in [5, 5.41) is 6.46. The van der Waals surface area contributed by atoms with Crippen molar-refractivity contribution in [3.63, 3.8) is 0 Å². The van der Waals surface area contributed by atoms with E-state index in [2.05, 4.69) is 10.5 Å². The molecule has 0 saturated carbocycles. The van der Waals surface area contributed by atoms with E-state index in [-0.39, 0.29) is 12.1 Å². The maximum atomic E-state index is 10.5. The molecule has 1 heterocycles. The highest BCUT2D eigenvalue weighted by molar-refractivity contribution is 4.80. The van der Waals surface area contributed by atoms with Crippen molar-refractivity contribution < 1.29 is 4.74 Å². The minimum Gasteiger partial charge on any atom is -0.376 e. The summed E-state index contributed by atoms with van der Waals surface area (Å²) >= 11 is 0. The van der Waals surface area contributed by atoms with Crippen molar-refractivity contribution >= 4 is 0 Å². The lowest BCUT2D eigenvalue weighted by Gasteiger charge is -2.16. The predicted molar refractivity (Wildman–Crippen MR) is 56.3 cm³/mol. The van der Waals surface area contributed by atoms with Gasteiger partial charge in [-0.3, -0.25) is 0 Å². The van der Waals surface area contributed by atoms with Crippen LogP contribution in [-0.4, -0.2) is 31.3 Å². The van der Waals surface area contributed by atoms with E-state index in [1.165, 1.54) is 6.42 Å². The maximum Gasteiger partial charge on any atom is 0.117 e. The second kappa shape index (κ2) is 6.09. The average molecular weight is 200 g/mol. The van der Waals surface area contributed by atoms with Crippen molar-refractivity contribution in [3.8, 4) is 0 Å². The molecule has 0 aromatic heterocycles. The summed E-state index contributed by atoms with van der Waals surface area (Å²) < 4.78 is 5.38. The molecule has 14 heavy (non-hydrogen) atoms. The number of ether oxygens (including phenoxy) is 1. The summed E-state index contributed by atoms with van der Waals surface area (Å²) in [4.78, 5) is 10.5. The van der Waals surface area contributed by atoms with Gasteiger partial charge in [-0.1, -0.05) is 5.18 Å². The summed E-state index contributed by atoms with van der Waals surface area (Å²) in [7, 11) is 0. The van der Waals surface area contributed by atoms with Crippen molar-refractivity contribution in [2.75, 3.05) is 13.2 Å². The summed E-state index contributed by atoms with van der Waals surface area (Å²) in [5.41, 5.74) is 0. The molecular formula is C10H20N2O2. The molecule has 1 aliphatic rings. The highest BCUT2D eigenvalue weighted by Gasteiger charge is 2.20. The highest BCUT2D eigenvalue weighted by Crippen LogP contribution is 2.13. The van der Waals surface area contributed by atoms with Gasteiger partial charge in [0.05, 0.1) is 12.7 Å². The molecule has 1 aliphatic heterocycles. The molecule has 82 valence electrons. The van der Waals surface area contributed by atoms with Gasteiger partial charge in [-0.2, -0.15) is 4.91 Å². The van der Waals surface area contributed by atoms with E-state index < -0.39 is 0 Å². The zero-order valence-electron chi connectivity index (χ0n) is 9.03. The largest absolute Gasteiger partial charge is 0.376 e. The smallest absolute Gasteiger partial charge is 0.117 e. The van der Waals surface area contributed by atoms with Crippen LogP contribution < -0.4 is 5.32 Å². The molecule has 0 radical (unpaired) electrons. The lowest BCUT2D eigenvalue weighted by Crippen LogP contribution is -2.28. The van der Waals surface area contributed by atoms with Crippen LogP contribution in [0.2, 0.25) is 0 Å². The van der Waals surface area contributed by atoms with E-state index in [4.69, 9.17) is 4.74 Å². The maximum absolute atomic E-state index is 10.5. The molecule has 0 amide bonds. The first kappa shape index (κ1) is 11.6. The van der Waals surface area contributed by atoms with E-state index in [0.29, 0.717) is 12.6 Å². The summed E-state index contributed by atoms with van der Waals surface area (Å²) in [6.45, 7) is 5.46. The highest BCUT2D eigenvalue weighted by atomic mass is 16.5. The Bertz CT molecular complexity index is 168. The Morgan fingerprint density at radius 1 is 1.57 bits per heavy atom. The molecule has 0 aromatic carbocycles. The zero-order valence-corrected chi connectivity index (χ0v) is 9.03. The van der Waals surface area contributed by atoms with Gasteiger partial charge in [0.2, 0.25) is 0 Å². The van der Waals surface area contributed by atoms with Gasteiger partial charge in [0.1, 0.15) is 6.04 Å². The molecular weight excluding hydrogens is 180 g/mol. The van der Waals surface area contributed by atoms with Crippen LogP contribution in [0.1, 0.15) is 33.1 Å². The third kappa shape index (κ3) is 4.15. The van der Waals surface area contributed by atoms with Gasteiger partial charge in [-0.25, -0.2) is 0 Å². The third-order valence-electron chi connectivity index (χ3n) is 2.49. The predicted octanol–water partition coefficient (Wildman–Crippen LogP) is 1.69. The molecule has 0 bridgehead atoms. The molecule has 0 aliphatic carbocycles. The van der Waals surface area contributed by atoms with Gasteiger partial charge in [0, 0.05) is 6.04 Å². The number of nitrogens with zero attached hydrogens (tertiary/aromatic N) is 1. The van der Waals surface area contributed by atoms with Gasteiger partial charge < -0.3 is 10.1 Å². The van der Waals surface area contributed by atoms with Crippen molar-refractivity contribution in [1.29, 1.82) is 0 Å². The minimum absolute atomic E-state index is 0.177. The van der Waals surface area contributed by atoms with Gasteiger partial charge in [-0.15, -0.1) is 0 Å². The molecule has 0 spiro atoms. The fourth-order valence-electron chi connectivity index (χ4n) is 1.73. The van der Waals surface area contributed by atoms with Crippen LogP contribution in [0.3, 0.4) is 0 Å². The third-order valence-corrected chi connectivity index (χ3v) is 2.49. The molecule has 0 aromatic rings. The van der Waals surface area contributed by atoms with Crippen molar-refractivity contribution in [1.82, 2.24) is 5.32 Å². The molecule has 2 unspecified atom stereocenters. The molecule has 1 N–H and O–H groups in total. The molecule has 1 saturated heterocycles. The van der Waals surface area contributed by atoms with Gasteiger partial charge in [-0.05, 0) is 39.7 Å². The number of rotatable bonds is 6. The van der Waals surface area contributed by atoms with Gasteiger partial charge >= 0.3 is 0 Å². The quantitative estimate of drug-likeness (QED) is 0.664. The molecule has 2 atom stereocenters. The number of nitroso groups, excluding NO2 is 1. The van der Waals surface area contributed by atoms with Crippen molar-refractivity contribution in [2.45, 2.75) is 51.3 Å². The van der Waals surface area contributed by atoms with E-state index >= 15 is 0 Å². The van der Waals surface area contributed by atoms with Crippen LogP contribution in [0, 0.1) is 4.91 Å². The minimum atomic E-state index is -0.187. The Balaban J connectivity index is 2.19. The first-order valence-corrected chi connectivity index (χ1v) is 5.40. The van der Waals surface area contributed by atoms with Gasteiger partial charge in [0.25, 0.3) is 0 Å². The fourth-order valence-corrected chi connectivity index (χ4v) is 1.73. The van der Waals surface area contributed by atoms with Crippen LogP contribution >= 0.6 is 0 Å². The number of hydrogen-bond acceptors (Lipinski definition) is 4. The van der Waals surface area contributed by atoms with E-state index in [1.807, 2.05) is 13.8 Å². The lowest BCUT2D eigenvalue weighted by atomic mass is 10.1. The summed E-state index contributed by atoms with van der Waals surface area (Å²) in [5.74, 6) is 0. The zero-order chi connectivity index (χ0) is 10.4. The Morgan fingerprint density at radius 3 is 2.86 bits per heavy atom. The second-order valence-electron chi connectivity index (χ2n) is 4.17. The Kier molecular flexibility index (Phi) is 5.04. The van der Waals surface area contributed by atoms with Crippen molar-refractivity contribution in [3.05, 3.63) is 4.91 Å². The average Bonchev–Trinajstić information content (AvgIpc) is 2.64. The summed E-state index contributed by atoms with van der Waals surface area (Å²) in [6, 6.07) is 0.279. The first-order chi connectivity index (χ1) is 6.72. The van der Waals surface area contributed by atoms with E-state index in [1.54, 1.807) is 0 Å². The standard InChI is InChI=1S/C10H20N2O2/c1-8(2)14-7-10(12-13)6-9-4-3-5-11-9/h8-11H,3-7H2,1-2H3. The Labute approximate surface area is 85.4 Å². The topological polar surface area (TPSA) is 50.7 Å². The normalized spacial score (nSPS) is 24.1. The van der Waals surface area contributed by atoms with Crippen molar-refractivity contribution in [2.24, 2.45) is 5.18 Å². The Hall–Kier alpha value is -0.480. The van der Waals surface area contributed by atoms with Crippen LogP contribution in [0.25, 0.3) is 0 Å². The molecule has 1 rings (SSSR count). The first-order valence-electron chi connectivity index (χ1n) is 5.40. The lowest BCUT2D eigenvalue weighted by molar-refractivity contribution is 0.0655. The van der Waals surface area contributed by atoms with Gasteiger partial charge in [0.15, 0.2) is 0 Å². The number of nitrogens with one attached hydrogen (secondary N) is 1. The monoisotopic (exact) mass is 200 g/mol. The summed E-state index contributed by atoms with van der Waals surface area (Å²) in [6.07, 6.45) is 3.36. The number of hydrogen-bond donors (Lipinski definition) is 1. The van der Waals surface area contributed by atoms with Crippen LogP contribution in [0.15, 0.2) is 5.18 Å². The second-order valence-corrected chi connectivity index (χ2v) is 4.17. The Morgan fingerprint density at radius 2 is 2.36 bits per heavy atom. The molecule has 4 heteroatoms. The van der Waals surface area contributed by atoms with Crippen LogP contribution in [-0.2, 0) is 4.74 Å². The van der Waals surface area contributed by atoms with Crippen LogP contribution in [0.4, 0.5) is 0 Å². The molecule has 4 nitrogen and oxygen atoms in total. The van der Waals surface area contributed by atoms with Crippen LogP contribution in [0.5, 0.6) is 0 Å².